The van der Waals surface area contributed by atoms with Gasteiger partial charge in [-0.15, -0.1) is 0 Å². The largest absolute Gasteiger partial charge is 0.490 e. The predicted molar refractivity (Wildman–Crippen MR) is 53.1 cm³/mol. The molecule has 2 atom stereocenters. The van der Waals surface area contributed by atoms with E-state index in [1.807, 2.05) is 0 Å². The van der Waals surface area contributed by atoms with Crippen molar-refractivity contribution in [1.29, 1.82) is 0 Å². The van der Waals surface area contributed by atoms with Gasteiger partial charge in [0.1, 0.15) is 17.7 Å². The zero-order valence-electron chi connectivity index (χ0n) is 8.32. The summed E-state index contributed by atoms with van der Waals surface area (Å²) in [4.78, 5) is 0. The number of hydrogen-bond acceptors (Lipinski definition) is 2. The third-order valence-electron chi connectivity index (χ3n) is 3.22. The molecule has 1 saturated carbocycles. The van der Waals surface area contributed by atoms with E-state index in [1.165, 1.54) is 25.0 Å². The molecule has 1 heterocycles. The van der Waals surface area contributed by atoms with Crippen LogP contribution in [0, 0.1) is 11.7 Å². The Morgan fingerprint density at radius 1 is 1.33 bits per heavy atom. The van der Waals surface area contributed by atoms with Crippen LogP contribution in [0.25, 0.3) is 0 Å². The summed E-state index contributed by atoms with van der Waals surface area (Å²) >= 11 is 0. The minimum atomic E-state index is -0.500. The first-order valence-corrected chi connectivity index (χ1v) is 5.38. The van der Waals surface area contributed by atoms with E-state index in [2.05, 4.69) is 0 Å². The standard InChI is InChI=1S/C12H13FO2/c13-8-3-4-9-10(14)6-11(7-1-2-7)15-12(9)5-8/h3-5,7,10-11,14H,1-2,6H2. The molecular weight excluding hydrogens is 195 g/mol. The molecule has 0 amide bonds. The van der Waals surface area contributed by atoms with E-state index < -0.39 is 6.10 Å². The van der Waals surface area contributed by atoms with Gasteiger partial charge in [-0.2, -0.15) is 0 Å². The van der Waals surface area contributed by atoms with Crippen molar-refractivity contribution in [3.63, 3.8) is 0 Å². The average Bonchev–Trinajstić information content (AvgIpc) is 2.99. The Bertz CT molecular complexity index is 387. The van der Waals surface area contributed by atoms with E-state index in [0.717, 1.165) is 0 Å². The van der Waals surface area contributed by atoms with E-state index in [1.54, 1.807) is 6.07 Å². The minimum absolute atomic E-state index is 0.0781. The maximum absolute atomic E-state index is 13.0. The highest BCUT2D eigenvalue weighted by Gasteiger charge is 2.38. The lowest BCUT2D eigenvalue weighted by molar-refractivity contribution is 0.0547. The molecule has 3 heteroatoms. The number of aliphatic hydroxyl groups is 1. The van der Waals surface area contributed by atoms with Crippen LogP contribution in [-0.2, 0) is 0 Å². The Labute approximate surface area is 87.7 Å². The Balaban J connectivity index is 1.93. The molecule has 1 aliphatic heterocycles. The summed E-state index contributed by atoms with van der Waals surface area (Å²) in [7, 11) is 0. The van der Waals surface area contributed by atoms with Crippen LogP contribution in [0.2, 0.25) is 0 Å². The fraction of sp³-hybridized carbons (Fsp3) is 0.500. The van der Waals surface area contributed by atoms with Crippen molar-refractivity contribution in [2.45, 2.75) is 31.5 Å². The summed E-state index contributed by atoms with van der Waals surface area (Å²) < 4.78 is 18.7. The summed E-state index contributed by atoms with van der Waals surface area (Å²) in [6.07, 6.45) is 2.56. The molecule has 3 rings (SSSR count). The van der Waals surface area contributed by atoms with Gasteiger partial charge in [0.25, 0.3) is 0 Å². The lowest BCUT2D eigenvalue weighted by Gasteiger charge is -2.29. The summed E-state index contributed by atoms with van der Waals surface area (Å²) in [6.45, 7) is 0. The fourth-order valence-electron chi connectivity index (χ4n) is 2.20. The van der Waals surface area contributed by atoms with Gasteiger partial charge in [0.15, 0.2) is 0 Å². The molecular formula is C12H13FO2. The molecule has 0 aromatic heterocycles. The van der Waals surface area contributed by atoms with Crippen molar-refractivity contribution < 1.29 is 14.2 Å². The minimum Gasteiger partial charge on any atom is -0.490 e. The van der Waals surface area contributed by atoms with Crippen molar-refractivity contribution in [3.05, 3.63) is 29.6 Å². The molecule has 2 aliphatic rings. The Hall–Kier alpha value is -1.09. The van der Waals surface area contributed by atoms with E-state index in [9.17, 15) is 9.50 Å². The van der Waals surface area contributed by atoms with Crippen LogP contribution in [-0.4, -0.2) is 11.2 Å². The lowest BCUT2D eigenvalue weighted by atomic mass is 9.97. The summed E-state index contributed by atoms with van der Waals surface area (Å²) in [5.74, 6) is 0.777. The number of aliphatic hydroxyl groups excluding tert-OH is 1. The van der Waals surface area contributed by atoms with E-state index in [0.29, 0.717) is 23.7 Å². The highest BCUT2D eigenvalue weighted by atomic mass is 19.1. The summed E-state index contributed by atoms with van der Waals surface area (Å²) in [6, 6.07) is 4.34. The number of benzene rings is 1. The van der Waals surface area contributed by atoms with Gasteiger partial charge >= 0.3 is 0 Å². The second kappa shape index (κ2) is 3.20. The van der Waals surface area contributed by atoms with Crippen LogP contribution >= 0.6 is 0 Å². The zero-order valence-corrected chi connectivity index (χ0v) is 8.32. The highest BCUT2D eigenvalue weighted by Crippen LogP contribution is 2.43. The first kappa shape index (κ1) is 9.16. The summed E-state index contributed by atoms with van der Waals surface area (Å²) in [5, 5.41) is 9.90. The maximum Gasteiger partial charge on any atom is 0.128 e. The number of hydrogen-bond donors (Lipinski definition) is 1. The molecule has 2 unspecified atom stereocenters. The summed E-state index contributed by atoms with van der Waals surface area (Å²) in [5.41, 5.74) is 0.716. The predicted octanol–water partition coefficient (Wildman–Crippen LogP) is 2.42. The topological polar surface area (TPSA) is 29.5 Å². The molecule has 0 bridgehead atoms. The second-order valence-electron chi connectivity index (χ2n) is 4.43. The Morgan fingerprint density at radius 3 is 2.87 bits per heavy atom. The number of halogens is 1. The van der Waals surface area contributed by atoms with Crippen LogP contribution in [0.1, 0.15) is 30.9 Å². The monoisotopic (exact) mass is 208 g/mol. The van der Waals surface area contributed by atoms with Gasteiger partial charge in [0, 0.05) is 18.1 Å². The van der Waals surface area contributed by atoms with Crippen molar-refractivity contribution in [2.24, 2.45) is 5.92 Å². The molecule has 0 saturated heterocycles. The van der Waals surface area contributed by atoms with Gasteiger partial charge in [0.05, 0.1) is 6.10 Å². The molecule has 1 N–H and O–H groups in total. The SMILES string of the molecule is OC1CC(C2CC2)Oc2cc(F)ccc21. The van der Waals surface area contributed by atoms with Gasteiger partial charge in [-0.3, -0.25) is 0 Å². The molecule has 1 aromatic rings. The van der Waals surface area contributed by atoms with Crippen molar-refractivity contribution in [2.75, 3.05) is 0 Å². The molecule has 15 heavy (non-hydrogen) atoms. The van der Waals surface area contributed by atoms with Crippen LogP contribution in [0.4, 0.5) is 4.39 Å². The van der Waals surface area contributed by atoms with Crippen LogP contribution in [0.15, 0.2) is 18.2 Å². The van der Waals surface area contributed by atoms with Crippen LogP contribution in [0.3, 0.4) is 0 Å². The van der Waals surface area contributed by atoms with Crippen molar-refractivity contribution in [1.82, 2.24) is 0 Å². The maximum atomic E-state index is 13.0. The van der Waals surface area contributed by atoms with Gasteiger partial charge in [-0.1, -0.05) is 0 Å². The first-order valence-electron chi connectivity index (χ1n) is 5.38. The zero-order chi connectivity index (χ0) is 10.4. The van der Waals surface area contributed by atoms with Crippen LogP contribution in [0.5, 0.6) is 5.75 Å². The first-order chi connectivity index (χ1) is 7.24. The van der Waals surface area contributed by atoms with E-state index in [-0.39, 0.29) is 11.9 Å². The van der Waals surface area contributed by atoms with Gasteiger partial charge in [-0.05, 0) is 30.9 Å². The van der Waals surface area contributed by atoms with Crippen molar-refractivity contribution in [3.8, 4) is 5.75 Å². The average molecular weight is 208 g/mol. The lowest BCUT2D eigenvalue weighted by Crippen LogP contribution is -2.27. The van der Waals surface area contributed by atoms with Crippen molar-refractivity contribution >= 4 is 0 Å². The smallest absolute Gasteiger partial charge is 0.128 e. The molecule has 2 nitrogen and oxygen atoms in total. The molecule has 0 radical (unpaired) electrons. The number of fused-ring (bicyclic) bond motifs is 1. The fourth-order valence-corrected chi connectivity index (χ4v) is 2.20. The van der Waals surface area contributed by atoms with Gasteiger partial charge in [0.2, 0.25) is 0 Å². The highest BCUT2D eigenvalue weighted by molar-refractivity contribution is 5.37. The molecule has 1 aliphatic carbocycles. The number of ether oxygens (including phenoxy) is 1. The van der Waals surface area contributed by atoms with Gasteiger partial charge in [-0.25, -0.2) is 4.39 Å². The van der Waals surface area contributed by atoms with E-state index >= 15 is 0 Å². The normalized spacial score (nSPS) is 29.5. The molecule has 1 aromatic carbocycles. The molecule has 1 fully saturated rings. The quantitative estimate of drug-likeness (QED) is 0.768. The third-order valence-corrected chi connectivity index (χ3v) is 3.22. The Morgan fingerprint density at radius 2 is 2.13 bits per heavy atom. The molecule has 0 spiro atoms. The van der Waals surface area contributed by atoms with E-state index in [4.69, 9.17) is 4.74 Å². The van der Waals surface area contributed by atoms with Crippen LogP contribution < -0.4 is 4.74 Å². The second-order valence-corrected chi connectivity index (χ2v) is 4.43. The number of rotatable bonds is 1. The van der Waals surface area contributed by atoms with Gasteiger partial charge < -0.3 is 9.84 Å². The third kappa shape index (κ3) is 1.61. The molecule has 80 valence electrons. The Kier molecular flexibility index (Phi) is 1.96.